The normalized spacial score (nSPS) is 26.6. The molecule has 0 saturated heterocycles. The quantitative estimate of drug-likeness (QED) is 0.847. The van der Waals surface area contributed by atoms with E-state index in [0.29, 0.717) is 5.92 Å². The van der Waals surface area contributed by atoms with Gasteiger partial charge in [-0.15, -0.1) is 0 Å². The Bertz CT molecular complexity index is 693. The van der Waals surface area contributed by atoms with Crippen molar-refractivity contribution in [1.82, 2.24) is 5.43 Å². The topological polar surface area (TPSA) is 24.4 Å². The lowest BCUT2D eigenvalue weighted by molar-refractivity contribution is 0.296. The molecule has 2 aromatic rings. The van der Waals surface area contributed by atoms with Crippen molar-refractivity contribution < 1.29 is 0 Å². The Balaban J connectivity index is 1.70. The molecule has 2 aromatic carbocycles. The SMILES string of the molecule is Clc1ccc([C@H]2C=NN[C@@]23CCc2ccccc2C3)cc1. The number of fused-ring (bicyclic) bond motifs is 1. The molecule has 3 heteroatoms. The molecule has 0 unspecified atom stereocenters. The zero-order valence-electron chi connectivity index (χ0n) is 11.7. The molecule has 0 saturated carbocycles. The predicted molar refractivity (Wildman–Crippen MR) is 87.0 cm³/mol. The number of benzene rings is 2. The van der Waals surface area contributed by atoms with Crippen LogP contribution in [0.4, 0.5) is 0 Å². The van der Waals surface area contributed by atoms with Crippen molar-refractivity contribution in [2.45, 2.75) is 30.7 Å². The van der Waals surface area contributed by atoms with E-state index in [4.69, 9.17) is 11.6 Å². The highest BCUT2D eigenvalue weighted by Gasteiger charge is 2.44. The first kappa shape index (κ1) is 12.9. The van der Waals surface area contributed by atoms with Crippen molar-refractivity contribution in [3.8, 4) is 0 Å². The molecule has 1 aliphatic heterocycles. The van der Waals surface area contributed by atoms with Crippen LogP contribution in [-0.4, -0.2) is 11.8 Å². The molecular formula is C18H17ClN2. The van der Waals surface area contributed by atoms with Crippen LogP contribution in [0.1, 0.15) is 29.0 Å². The van der Waals surface area contributed by atoms with Gasteiger partial charge in [0.1, 0.15) is 0 Å². The van der Waals surface area contributed by atoms with E-state index in [1.54, 1.807) is 0 Å². The smallest absolute Gasteiger partial charge is 0.0710 e. The molecule has 0 bridgehead atoms. The highest BCUT2D eigenvalue weighted by atomic mass is 35.5. The molecule has 1 N–H and O–H groups in total. The molecule has 0 fully saturated rings. The van der Waals surface area contributed by atoms with E-state index in [1.807, 2.05) is 12.1 Å². The highest BCUT2D eigenvalue weighted by Crippen LogP contribution is 2.40. The summed E-state index contributed by atoms with van der Waals surface area (Å²) in [6.07, 6.45) is 5.29. The Labute approximate surface area is 129 Å². The van der Waals surface area contributed by atoms with Crippen LogP contribution in [0.5, 0.6) is 0 Å². The van der Waals surface area contributed by atoms with Gasteiger partial charge in [0.05, 0.1) is 5.54 Å². The van der Waals surface area contributed by atoms with Crippen LogP contribution in [0, 0.1) is 0 Å². The molecule has 1 heterocycles. The first-order chi connectivity index (χ1) is 10.3. The van der Waals surface area contributed by atoms with E-state index in [9.17, 15) is 0 Å². The van der Waals surface area contributed by atoms with Crippen molar-refractivity contribution in [3.05, 3.63) is 70.2 Å². The van der Waals surface area contributed by atoms with Crippen LogP contribution in [0.25, 0.3) is 0 Å². The van der Waals surface area contributed by atoms with Gasteiger partial charge in [-0.3, -0.25) is 0 Å². The minimum Gasteiger partial charge on any atom is -0.303 e. The summed E-state index contributed by atoms with van der Waals surface area (Å²) in [5.74, 6) is 0.308. The second-order valence-corrected chi connectivity index (χ2v) is 6.46. The van der Waals surface area contributed by atoms with Crippen molar-refractivity contribution in [2.75, 3.05) is 0 Å². The molecule has 4 rings (SSSR count). The summed E-state index contributed by atoms with van der Waals surface area (Å²) in [5.41, 5.74) is 7.64. The monoisotopic (exact) mass is 296 g/mol. The fourth-order valence-corrected chi connectivity index (χ4v) is 3.77. The van der Waals surface area contributed by atoms with Crippen molar-refractivity contribution >= 4 is 17.8 Å². The summed E-state index contributed by atoms with van der Waals surface area (Å²) in [5, 5.41) is 5.19. The number of hydrogen-bond donors (Lipinski definition) is 1. The Morgan fingerprint density at radius 3 is 2.62 bits per heavy atom. The van der Waals surface area contributed by atoms with E-state index in [0.717, 1.165) is 24.3 Å². The number of hydrazone groups is 1. The van der Waals surface area contributed by atoms with Crippen LogP contribution in [0.2, 0.25) is 5.02 Å². The van der Waals surface area contributed by atoms with Gasteiger partial charge >= 0.3 is 0 Å². The fraction of sp³-hybridized carbons (Fsp3) is 0.278. The van der Waals surface area contributed by atoms with Gasteiger partial charge < -0.3 is 5.43 Å². The molecule has 1 aliphatic carbocycles. The van der Waals surface area contributed by atoms with Crippen molar-refractivity contribution in [3.63, 3.8) is 0 Å². The largest absolute Gasteiger partial charge is 0.303 e. The molecule has 0 amide bonds. The molecule has 2 aliphatic rings. The lowest BCUT2D eigenvalue weighted by Gasteiger charge is -2.39. The van der Waals surface area contributed by atoms with Gasteiger partial charge in [-0.1, -0.05) is 48.0 Å². The Hall–Kier alpha value is -1.80. The third-order valence-electron chi connectivity index (χ3n) is 4.80. The van der Waals surface area contributed by atoms with Crippen LogP contribution in [0.3, 0.4) is 0 Å². The molecule has 106 valence electrons. The van der Waals surface area contributed by atoms with Crippen molar-refractivity contribution in [2.24, 2.45) is 5.10 Å². The molecule has 21 heavy (non-hydrogen) atoms. The number of rotatable bonds is 1. The Morgan fingerprint density at radius 1 is 1.05 bits per heavy atom. The minimum absolute atomic E-state index is 0.0161. The summed E-state index contributed by atoms with van der Waals surface area (Å²) < 4.78 is 0. The maximum Gasteiger partial charge on any atom is 0.0710 e. The van der Waals surface area contributed by atoms with Crippen molar-refractivity contribution in [1.29, 1.82) is 0 Å². The third kappa shape index (κ3) is 2.14. The third-order valence-corrected chi connectivity index (χ3v) is 5.05. The zero-order chi connectivity index (χ0) is 14.3. The average Bonchev–Trinajstić information content (AvgIpc) is 2.91. The van der Waals surface area contributed by atoms with Crippen LogP contribution in [0.15, 0.2) is 53.6 Å². The zero-order valence-corrected chi connectivity index (χ0v) is 12.5. The number of hydrogen-bond acceptors (Lipinski definition) is 2. The van der Waals surface area contributed by atoms with Crippen LogP contribution >= 0.6 is 11.6 Å². The second kappa shape index (κ2) is 4.88. The molecular weight excluding hydrogens is 280 g/mol. The summed E-state index contributed by atoms with van der Waals surface area (Å²) in [6, 6.07) is 16.9. The minimum atomic E-state index is 0.0161. The standard InChI is InChI=1S/C18H17ClN2/c19-16-7-5-14(6-8-16)17-12-20-21-18(17)10-9-13-3-1-2-4-15(13)11-18/h1-8,12,17,21H,9-11H2/t17-,18-/m1/s1. The van der Waals surface area contributed by atoms with E-state index < -0.39 is 0 Å². The molecule has 2 nitrogen and oxygen atoms in total. The van der Waals surface area contributed by atoms with E-state index in [2.05, 4.69) is 53.1 Å². The number of nitrogens with one attached hydrogen (secondary N) is 1. The first-order valence-corrected chi connectivity index (χ1v) is 7.77. The van der Waals surface area contributed by atoms with Gasteiger partial charge in [0.25, 0.3) is 0 Å². The van der Waals surface area contributed by atoms with Gasteiger partial charge in [-0.2, -0.15) is 5.10 Å². The number of nitrogens with zero attached hydrogens (tertiary/aromatic N) is 1. The summed E-state index contributed by atoms with van der Waals surface area (Å²) >= 11 is 6.01. The highest BCUT2D eigenvalue weighted by molar-refractivity contribution is 6.30. The maximum atomic E-state index is 6.01. The van der Waals surface area contributed by atoms with E-state index in [1.165, 1.54) is 16.7 Å². The van der Waals surface area contributed by atoms with Gasteiger partial charge in [0.15, 0.2) is 0 Å². The van der Waals surface area contributed by atoms with Gasteiger partial charge in [-0.25, -0.2) is 0 Å². The number of halogens is 1. The van der Waals surface area contributed by atoms with Crippen LogP contribution < -0.4 is 5.43 Å². The van der Waals surface area contributed by atoms with E-state index in [-0.39, 0.29) is 5.54 Å². The Kier molecular flexibility index (Phi) is 3.00. The summed E-state index contributed by atoms with van der Waals surface area (Å²) in [6.45, 7) is 0. The molecule has 2 atom stereocenters. The number of aryl methyl sites for hydroxylation is 1. The lowest BCUT2D eigenvalue weighted by Crippen LogP contribution is -2.48. The fourth-order valence-electron chi connectivity index (χ4n) is 3.65. The average molecular weight is 297 g/mol. The molecule has 1 spiro atoms. The van der Waals surface area contributed by atoms with E-state index >= 15 is 0 Å². The molecule has 0 radical (unpaired) electrons. The molecule has 0 aromatic heterocycles. The second-order valence-electron chi connectivity index (χ2n) is 6.02. The van der Waals surface area contributed by atoms with Gasteiger partial charge in [0, 0.05) is 17.2 Å². The maximum absolute atomic E-state index is 6.01. The predicted octanol–water partition coefficient (Wildman–Crippen LogP) is 3.94. The lowest BCUT2D eigenvalue weighted by atomic mass is 9.70. The summed E-state index contributed by atoms with van der Waals surface area (Å²) in [4.78, 5) is 0. The van der Waals surface area contributed by atoms with Crippen LogP contribution in [-0.2, 0) is 12.8 Å². The summed E-state index contributed by atoms with van der Waals surface area (Å²) in [7, 11) is 0. The van der Waals surface area contributed by atoms with Gasteiger partial charge in [0.2, 0.25) is 0 Å². The van der Waals surface area contributed by atoms with Gasteiger partial charge in [-0.05, 0) is 48.1 Å². The Morgan fingerprint density at radius 2 is 1.81 bits per heavy atom. The first-order valence-electron chi connectivity index (χ1n) is 7.39.